The second-order valence-electron chi connectivity index (χ2n) is 5.60. The number of ether oxygens (including phenoxy) is 1. The van der Waals surface area contributed by atoms with Gasteiger partial charge < -0.3 is 15.4 Å². The van der Waals surface area contributed by atoms with Gasteiger partial charge in [-0.05, 0) is 43.7 Å². The minimum Gasteiger partial charge on any atom is -0.495 e. The van der Waals surface area contributed by atoms with Gasteiger partial charge in [0, 0.05) is 17.4 Å². The molecule has 0 amide bonds. The summed E-state index contributed by atoms with van der Waals surface area (Å²) in [6.07, 6.45) is 0. The van der Waals surface area contributed by atoms with Crippen molar-refractivity contribution in [3.8, 4) is 5.75 Å². The minimum atomic E-state index is 0.538. The summed E-state index contributed by atoms with van der Waals surface area (Å²) in [6.45, 7) is 3.91. The van der Waals surface area contributed by atoms with Crippen LogP contribution < -0.4 is 15.4 Å². The van der Waals surface area contributed by atoms with Gasteiger partial charge in [0.2, 0.25) is 0 Å². The number of aromatic nitrogens is 2. The zero-order valence-electron chi connectivity index (χ0n) is 14.3. The number of nitrogens with one attached hydrogen (secondary N) is 2. The van der Waals surface area contributed by atoms with Crippen LogP contribution in [0.5, 0.6) is 5.75 Å². The average molecular weight is 355 g/mol. The Morgan fingerprint density at radius 3 is 2.32 bits per heavy atom. The normalized spacial score (nSPS) is 10.4. The van der Waals surface area contributed by atoms with Crippen molar-refractivity contribution in [2.45, 2.75) is 13.8 Å². The van der Waals surface area contributed by atoms with Crippen LogP contribution in [-0.4, -0.2) is 17.1 Å². The molecule has 1 heterocycles. The first-order valence-electron chi connectivity index (χ1n) is 7.84. The van der Waals surface area contributed by atoms with Crippen molar-refractivity contribution in [3.05, 3.63) is 64.9 Å². The van der Waals surface area contributed by atoms with Crippen molar-refractivity contribution >= 4 is 34.6 Å². The molecule has 2 aromatic carbocycles. The second kappa shape index (κ2) is 7.40. The summed E-state index contributed by atoms with van der Waals surface area (Å²) in [6, 6.07) is 15.4. The lowest BCUT2D eigenvalue weighted by Gasteiger charge is -2.12. The van der Waals surface area contributed by atoms with Crippen molar-refractivity contribution in [2.75, 3.05) is 17.7 Å². The molecule has 0 radical (unpaired) electrons. The molecule has 3 rings (SSSR count). The van der Waals surface area contributed by atoms with Gasteiger partial charge in [0.25, 0.3) is 0 Å². The van der Waals surface area contributed by atoms with Crippen LogP contribution in [0.3, 0.4) is 0 Å². The van der Waals surface area contributed by atoms with Gasteiger partial charge in [0.15, 0.2) is 0 Å². The van der Waals surface area contributed by atoms with E-state index in [1.165, 1.54) is 0 Å². The topological polar surface area (TPSA) is 59.1 Å². The molecule has 5 nitrogen and oxygen atoms in total. The molecule has 1 aromatic heterocycles. The largest absolute Gasteiger partial charge is 0.495 e. The lowest BCUT2D eigenvalue weighted by atomic mass is 10.2. The highest BCUT2D eigenvalue weighted by molar-refractivity contribution is 6.32. The predicted molar refractivity (Wildman–Crippen MR) is 103 cm³/mol. The van der Waals surface area contributed by atoms with Gasteiger partial charge in [0.1, 0.15) is 23.2 Å². The number of para-hydroxylation sites is 1. The van der Waals surface area contributed by atoms with Crippen molar-refractivity contribution in [1.29, 1.82) is 0 Å². The second-order valence-corrected chi connectivity index (χ2v) is 6.01. The Hall–Kier alpha value is -2.79. The van der Waals surface area contributed by atoms with E-state index in [9.17, 15) is 0 Å². The van der Waals surface area contributed by atoms with Crippen LogP contribution in [0, 0.1) is 13.8 Å². The fraction of sp³-hybridized carbons (Fsp3) is 0.158. The first-order valence-corrected chi connectivity index (χ1v) is 8.22. The van der Waals surface area contributed by atoms with Crippen molar-refractivity contribution < 1.29 is 4.74 Å². The summed E-state index contributed by atoms with van der Waals surface area (Å²) in [4.78, 5) is 8.88. The number of methoxy groups -OCH3 is 1. The van der Waals surface area contributed by atoms with E-state index in [0.29, 0.717) is 22.4 Å². The molecule has 0 atom stereocenters. The molecule has 128 valence electrons. The van der Waals surface area contributed by atoms with Crippen LogP contribution in [0.4, 0.5) is 23.0 Å². The highest BCUT2D eigenvalue weighted by atomic mass is 35.5. The van der Waals surface area contributed by atoms with E-state index in [1.807, 2.05) is 43.3 Å². The average Bonchev–Trinajstić information content (AvgIpc) is 2.57. The molecule has 0 bridgehead atoms. The number of rotatable bonds is 5. The van der Waals surface area contributed by atoms with Crippen molar-refractivity contribution in [2.24, 2.45) is 0 Å². The van der Waals surface area contributed by atoms with Crippen LogP contribution in [0.2, 0.25) is 5.02 Å². The number of nitrogens with zero attached hydrogens (tertiary/aromatic N) is 2. The molecular formula is C19H19ClN4O. The zero-order valence-corrected chi connectivity index (χ0v) is 15.1. The molecule has 0 fully saturated rings. The number of anilines is 4. The van der Waals surface area contributed by atoms with Gasteiger partial charge >= 0.3 is 0 Å². The molecule has 0 saturated carbocycles. The third kappa shape index (κ3) is 4.19. The molecule has 0 saturated heterocycles. The molecule has 3 aromatic rings. The molecule has 0 aliphatic rings. The predicted octanol–water partition coefficient (Wildman–Crippen LogP) is 5.24. The Kier molecular flexibility index (Phi) is 5.05. The summed E-state index contributed by atoms with van der Waals surface area (Å²) in [5.74, 6) is 2.71. The lowest BCUT2D eigenvalue weighted by Crippen LogP contribution is -2.02. The smallest absolute Gasteiger partial charge is 0.137 e. The molecule has 0 aliphatic carbocycles. The Morgan fingerprint density at radius 2 is 1.64 bits per heavy atom. The number of halogens is 1. The van der Waals surface area contributed by atoms with E-state index in [2.05, 4.69) is 33.6 Å². The van der Waals surface area contributed by atoms with Crippen LogP contribution in [0.15, 0.2) is 48.5 Å². The summed E-state index contributed by atoms with van der Waals surface area (Å²) in [7, 11) is 1.59. The summed E-state index contributed by atoms with van der Waals surface area (Å²) >= 11 is 6.17. The number of hydrogen-bond acceptors (Lipinski definition) is 5. The van der Waals surface area contributed by atoms with Crippen molar-refractivity contribution in [1.82, 2.24) is 9.97 Å². The van der Waals surface area contributed by atoms with E-state index in [0.717, 1.165) is 22.8 Å². The number of hydrogen-bond donors (Lipinski definition) is 2. The molecular weight excluding hydrogens is 336 g/mol. The Balaban J connectivity index is 1.84. The van der Waals surface area contributed by atoms with Gasteiger partial charge in [-0.15, -0.1) is 0 Å². The summed E-state index contributed by atoms with van der Waals surface area (Å²) in [5, 5.41) is 7.12. The Morgan fingerprint density at radius 1 is 0.920 bits per heavy atom. The molecule has 0 spiro atoms. The van der Waals surface area contributed by atoms with E-state index < -0.39 is 0 Å². The molecule has 2 N–H and O–H groups in total. The van der Waals surface area contributed by atoms with Gasteiger partial charge in [-0.3, -0.25) is 0 Å². The van der Waals surface area contributed by atoms with E-state index in [-0.39, 0.29) is 0 Å². The van der Waals surface area contributed by atoms with Gasteiger partial charge in [-0.2, -0.15) is 0 Å². The molecule has 0 unspecified atom stereocenters. The number of benzene rings is 2. The monoisotopic (exact) mass is 354 g/mol. The van der Waals surface area contributed by atoms with Gasteiger partial charge in [-0.1, -0.05) is 29.8 Å². The fourth-order valence-corrected chi connectivity index (χ4v) is 2.70. The first-order chi connectivity index (χ1) is 12.0. The maximum absolute atomic E-state index is 6.17. The van der Waals surface area contributed by atoms with Gasteiger partial charge in [0.05, 0.1) is 12.1 Å². The zero-order chi connectivity index (χ0) is 17.8. The summed E-state index contributed by atoms with van der Waals surface area (Å²) in [5.41, 5.74) is 2.99. The first kappa shape index (κ1) is 17.0. The Bertz CT molecular complexity index is 898. The van der Waals surface area contributed by atoms with Crippen LogP contribution in [0.1, 0.15) is 11.4 Å². The van der Waals surface area contributed by atoms with Crippen LogP contribution in [-0.2, 0) is 0 Å². The van der Waals surface area contributed by atoms with E-state index in [1.54, 1.807) is 13.2 Å². The van der Waals surface area contributed by atoms with E-state index in [4.69, 9.17) is 16.3 Å². The highest BCUT2D eigenvalue weighted by Crippen LogP contribution is 2.29. The summed E-state index contributed by atoms with van der Waals surface area (Å²) < 4.78 is 5.17. The SMILES string of the molecule is COc1ccc(Nc2cc(Nc3ccccc3C)nc(C)n2)cc1Cl. The minimum absolute atomic E-state index is 0.538. The molecule has 6 heteroatoms. The maximum atomic E-state index is 6.17. The standard InChI is InChI=1S/C19H19ClN4O/c1-12-6-4-5-7-16(12)24-19-11-18(21-13(2)22-19)23-14-8-9-17(25-3)15(20)10-14/h4-11H,1-3H3,(H2,21,22,23,24). The molecule has 25 heavy (non-hydrogen) atoms. The molecule has 0 aliphatic heterocycles. The highest BCUT2D eigenvalue weighted by Gasteiger charge is 2.06. The third-order valence-corrected chi connectivity index (χ3v) is 3.97. The van der Waals surface area contributed by atoms with Crippen molar-refractivity contribution in [3.63, 3.8) is 0 Å². The number of aryl methyl sites for hydroxylation is 2. The Labute approximate surface area is 152 Å². The lowest BCUT2D eigenvalue weighted by molar-refractivity contribution is 0.415. The van der Waals surface area contributed by atoms with Crippen LogP contribution >= 0.6 is 11.6 Å². The third-order valence-electron chi connectivity index (χ3n) is 3.67. The maximum Gasteiger partial charge on any atom is 0.137 e. The van der Waals surface area contributed by atoms with Gasteiger partial charge in [-0.25, -0.2) is 9.97 Å². The van der Waals surface area contributed by atoms with Crippen LogP contribution in [0.25, 0.3) is 0 Å². The van der Waals surface area contributed by atoms with E-state index >= 15 is 0 Å². The fourth-order valence-electron chi connectivity index (χ4n) is 2.44. The quantitative estimate of drug-likeness (QED) is 0.656.